The number of ether oxygens (including phenoxy) is 3. The average molecular weight is 402 g/mol. The fraction of sp³-hybridized carbons (Fsp3) is 0.545. The smallest absolute Gasteiger partial charge is 0.410 e. The third kappa shape index (κ3) is 4.83. The maximum absolute atomic E-state index is 12.2. The van der Waals surface area contributed by atoms with Crippen LogP contribution in [0.15, 0.2) is 24.3 Å². The molecular formula is C22H30N2O5. The Labute approximate surface area is 171 Å². The highest BCUT2D eigenvalue weighted by Gasteiger charge is 2.28. The van der Waals surface area contributed by atoms with Crippen LogP contribution in [0.5, 0.6) is 5.75 Å². The van der Waals surface area contributed by atoms with Gasteiger partial charge in [0.05, 0.1) is 12.1 Å². The monoisotopic (exact) mass is 402 g/mol. The Morgan fingerprint density at radius 3 is 2.48 bits per heavy atom. The van der Waals surface area contributed by atoms with Gasteiger partial charge >= 0.3 is 12.1 Å². The van der Waals surface area contributed by atoms with E-state index in [1.165, 1.54) is 0 Å². The van der Waals surface area contributed by atoms with E-state index in [0.29, 0.717) is 25.4 Å². The summed E-state index contributed by atoms with van der Waals surface area (Å²) in [5, 5.41) is 0.930. The SMILES string of the molecule is CCOC(=O)c1cc2cccc(OC3CCN(C(=O)OC(C)(C)C)CC3)c2n1C. The van der Waals surface area contributed by atoms with Gasteiger partial charge in [0.25, 0.3) is 0 Å². The topological polar surface area (TPSA) is 70.0 Å². The minimum absolute atomic E-state index is 0.000213. The number of hydrogen-bond donors (Lipinski definition) is 0. The summed E-state index contributed by atoms with van der Waals surface area (Å²) in [5.74, 6) is 0.388. The zero-order valence-corrected chi connectivity index (χ0v) is 17.9. The first-order chi connectivity index (χ1) is 13.7. The summed E-state index contributed by atoms with van der Waals surface area (Å²) in [6, 6.07) is 7.61. The summed E-state index contributed by atoms with van der Waals surface area (Å²) in [7, 11) is 1.84. The fourth-order valence-electron chi connectivity index (χ4n) is 3.54. The zero-order valence-electron chi connectivity index (χ0n) is 17.9. The van der Waals surface area contributed by atoms with Crippen LogP contribution < -0.4 is 4.74 Å². The van der Waals surface area contributed by atoms with Gasteiger partial charge in [-0.05, 0) is 39.8 Å². The third-order valence-electron chi connectivity index (χ3n) is 4.89. The van der Waals surface area contributed by atoms with Crippen molar-refractivity contribution in [3.63, 3.8) is 0 Å². The van der Waals surface area contributed by atoms with Crippen molar-refractivity contribution in [2.75, 3.05) is 19.7 Å². The summed E-state index contributed by atoms with van der Waals surface area (Å²) in [4.78, 5) is 26.2. The lowest BCUT2D eigenvalue weighted by Gasteiger charge is -2.33. The molecule has 1 aliphatic heterocycles. The number of nitrogens with zero attached hydrogens (tertiary/aromatic N) is 2. The van der Waals surface area contributed by atoms with Crippen molar-refractivity contribution < 1.29 is 23.8 Å². The molecule has 2 aromatic rings. The van der Waals surface area contributed by atoms with Crippen LogP contribution in [0.2, 0.25) is 0 Å². The van der Waals surface area contributed by atoms with Gasteiger partial charge in [-0.15, -0.1) is 0 Å². The maximum atomic E-state index is 12.2. The van der Waals surface area contributed by atoms with Crippen molar-refractivity contribution in [1.29, 1.82) is 0 Å². The quantitative estimate of drug-likeness (QED) is 0.719. The number of rotatable bonds is 4. The second-order valence-electron chi connectivity index (χ2n) is 8.29. The van der Waals surface area contributed by atoms with E-state index >= 15 is 0 Å². The normalized spacial score (nSPS) is 15.4. The van der Waals surface area contributed by atoms with Crippen LogP contribution >= 0.6 is 0 Å². The molecule has 1 saturated heterocycles. The van der Waals surface area contributed by atoms with Crippen LogP contribution in [-0.4, -0.2) is 52.9 Å². The second kappa shape index (κ2) is 8.35. The minimum Gasteiger partial charge on any atom is -0.488 e. The standard InChI is InChI=1S/C22H30N2O5/c1-6-27-20(25)17-14-15-8-7-9-18(19(15)23(17)5)28-16-10-12-24(13-11-16)21(26)29-22(2,3)4/h7-9,14,16H,6,10-13H2,1-5H3. The van der Waals surface area contributed by atoms with E-state index in [2.05, 4.69) is 0 Å². The Bertz CT molecular complexity index is 888. The maximum Gasteiger partial charge on any atom is 0.410 e. The molecule has 158 valence electrons. The predicted octanol–water partition coefficient (Wildman–Crippen LogP) is 4.13. The van der Waals surface area contributed by atoms with Gasteiger partial charge in [-0.2, -0.15) is 0 Å². The van der Waals surface area contributed by atoms with E-state index in [-0.39, 0.29) is 18.2 Å². The molecule has 0 unspecified atom stereocenters. The molecule has 7 nitrogen and oxygen atoms in total. The Kier molecular flexibility index (Phi) is 6.05. The first-order valence-electron chi connectivity index (χ1n) is 10.1. The molecule has 0 aliphatic carbocycles. The van der Waals surface area contributed by atoms with Gasteiger partial charge in [-0.1, -0.05) is 12.1 Å². The molecule has 0 spiro atoms. The van der Waals surface area contributed by atoms with Crippen LogP contribution in [0.1, 0.15) is 51.0 Å². The number of fused-ring (bicyclic) bond motifs is 1. The molecule has 0 N–H and O–H groups in total. The molecule has 2 heterocycles. The van der Waals surface area contributed by atoms with E-state index < -0.39 is 5.60 Å². The van der Waals surface area contributed by atoms with Crippen LogP contribution in [0.3, 0.4) is 0 Å². The highest BCUT2D eigenvalue weighted by molar-refractivity contribution is 5.97. The van der Waals surface area contributed by atoms with E-state index in [9.17, 15) is 9.59 Å². The molecule has 1 amide bonds. The summed E-state index contributed by atoms with van der Waals surface area (Å²) in [6.07, 6.45) is 1.18. The summed E-state index contributed by atoms with van der Waals surface area (Å²) >= 11 is 0. The highest BCUT2D eigenvalue weighted by atomic mass is 16.6. The number of aromatic nitrogens is 1. The predicted molar refractivity (Wildman–Crippen MR) is 110 cm³/mol. The van der Waals surface area contributed by atoms with Crippen LogP contribution in [0.25, 0.3) is 10.9 Å². The molecule has 1 fully saturated rings. The Morgan fingerprint density at radius 2 is 1.86 bits per heavy atom. The second-order valence-corrected chi connectivity index (χ2v) is 8.29. The fourth-order valence-corrected chi connectivity index (χ4v) is 3.54. The third-order valence-corrected chi connectivity index (χ3v) is 4.89. The lowest BCUT2D eigenvalue weighted by Crippen LogP contribution is -2.44. The number of esters is 1. The van der Waals surface area contributed by atoms with E-state index in [1.54, 1.807) is 11.8 Å². The van der Waals surface area contributed by atoms with E-state index in [4.69, 9.17) is 14.2 Å². The van der Waals surface area contributed by atoms with Crippen molar-refractivity contribution in [3.05, 3.63) is 30.0 Å². The largest absolute Gasteiger partial charge is 0.488 e. The molecule has 0 atom stereocenters. The molecule has 0 saturated carbocycles. The van der Waals surface area contributed by atoms with Crippen LogP contribution in [-0.2, 0) is 16.5 Å². The molecular weight excluding hydrogens is 372 g/mol. The van der Waals surface area contributed by atoms with E-state index in [1.807, 2.05) is 56.7 Å². The Balaban J connectivity index is 1.70. The number of carbonyl (C=O) groups is 2. The molecule has 0 radical (unpaired) electrons. The van der Waals surface area contributed by atoms with Crippen molar-refractivity contribution in [1.82, 2.24) is 9.47 Å². The van der Waals surface area contributed by atoms with Crippen LogP contribution in [0, 0.1) is 0 Å². The molecule has 1 aliphatic rings. The Morgan fingerprint density at radius 1 is 1.17 bits per heavy atom. The zero-order chi connectivity index (χ0) is 21.2. The Hall–Kier alpha value is -2.70. The molecule has 1 aromatic carbocycles. The number of para-hydroxylation sites is 1. The summed E-state index contributed by atoms with van der Waals surface area (Å²) < 4.78 is 18.7. The number of benzene rings is 1. The molecule has 7 heteroatoms. The van der Waals surface area contributed by atoms with Crippen LogP contribution in [0.4, 0.5) is 4.79 Å². The number of amides is 1. The highest BCUT2D eigenvalue weighted by Crippen LogP contribution is 2.31. The van der Waals surface area contributed by atoms with Gasteiger partial charge in [-0.25, -0.2) is 9.59 Å². The first kappa shape index (κ1) is 21.0. The summed E-state index contributed by atoms with van der Waals surface area (Å²) in [6.45, 7) is 8.91. The van der Waals surface area contributed by atoms with Gasteiger partial charge in [0.1, 0.15) is 23.1 Å². The lowest BCUT2D eigenvalue weighted by atomic mass is 10.1. The van der Waals surface area contributed by atoms with Gasteiger partial charge in [-0.3, -0.25) is 0 Å². The molecule has 3 rings (SSSR count). The summed E-state index contributed by atoms with van der Waals surface area (Å²) in [5.41, 5.74) is 0.867. The molecule has 0 bridgehead atoms. The number of aryl methyl sites for hydroxylation is 1. The van der Waals surface area contributed by atoms with Gasteiger partial charge in [0.15, 0.2) is 0 Å². The van der Waals surface area contributed by atoms with Crippen molar-refractivity contribution in [2.45, 2.75) is 52.2 Å². The number of hydrogen-bond acceptors (Lipinski definition) is 5. The van der Waals surface area contributed by atoms with E-state index in [0.717, 1.165) is 29.5 Å². The number of piperidine rings is 1. The van der Waals surface area contributed by atoms with Gasteiger partial charge in [0, 0.05) is 38.4 Å². The molecule has 29 heavy (non-hydrogen) atoms. The van der Waals surface area contributed by atoms with Gasteiger partial charge in [0.2, 0.25) is 0 Å². The minimum atomic E-state index is -0.497. The van der Waals surface area contributed by atoms with Crippen molar-refractivity contribution in [2.24, 2.45) is 7.05 Å². The average Bonchev–Trinajstić information content (AvgIpc) is 2.99. The molecule has 1 aromatic heterocycles. The number of carbonyl (C=O) groups excluding carboxylic acids is 2. The van der Waals surface area contributed by atoms with Gasteiger partial charge < -0.3 is 23.7 Å². The van der Waals surface area contributed by atoms with Crippen molar-refractivity contribution >= 4 is 23.0 Å². The number of likely N-dealkylation sites (tertiary alicyclic amines) is 1. The lowest BCUT2D eigenvalue weighted by molar-refractivity contribution is 0.0127. The first-order valence-corrected chi connectivity index (χ1v) is 10.1. The van der Waals surface area contributed by atoms with Crippen molar-refractivity contribution in [3.8, 4) is 5.75 Å².